The molecule has 2 fully saturated rings. The van der Waals surface area contributed by atoms with Gasteiger partial charge in [0.25, 0.3) is 0 Å². The fourth-order valence-electron chi connectivity index (χ4n) is 1.31. The number of hydrogen-bond donors (Lipinski definition) is 2. The van der Waals surface area contributed by atoms with Crippen molar-refractivity contribution in [2.75, 3.05) is 13.1 Å². The molecule has 0 spiro atoms. The first kappa shape index (κ1) is 7.86. The summed E-state index contributed by atoms with van der Waals surface area (Å²) in [6.07, 6.45) is 3.00. The molecule has 2 rings (SSSR count). The van der Waals surface area contributed by atoms with Crippen LogP contribution in [0, 0.1) is 0 Å². The molecule has 12 heavy (non-hydrogen) atoms. The van der Waals surface area contributed by atoms with Crippen LogP contribution < -0.4 is 10.6 Å². The maximum atomic E-state index is 11.1. The van der Waals surface area contributed by atoms with E-state index < -0.39 is 0 Å². The number of carbonyl (C=O) groups is 1. The Morgan fingerprint density at radius 2 is 2.25 bits per heavy atom. The van der Waals surface area contributed by atoms with E-state index in [1.807, 2.05) is 0 Å². The van der Waals surface area contributed by atoms with Crippen molar-refractivity contribution in [1.29, 1.82) is 0 Å². The second-order valence-electron chi connectivity index (χ2n) is 3.44. The minimum Gasteiger partial charge on any atom is -0.445 e. The van der Waals surface area contributed by atoms with E-state index in [0.717, 1.165) is 32.4 Å². The van der Waals surface area contributed by atoms with E-state index in [-0.39, 0.29) is 12.2 Å². The Labute approximate surface area is 71.7 Å². The molecule has 0 aromatic carbocycles. The Balaban J connectivity index is 1.66. The number of hydrogen-bond acceptors (Lipinski definition) is 3. The lowest BCUT2D eigenvalue weighted by molar-refractivity contribution is 0.107. The molecule has 1 aliphatic carbocycles. The molecular formula is C8H14N2O2. The van der Waals surface area contributed by atoms with Gasteiger partial charge in [-0.25, -0.2) is 4.79 Å². The zero-order valence-corrected chi connectivity index (χ0v) is 7.01. The van der Waals surface area contributed by atoms with Gasteiger partial charge >= 0.3 is 6.09 Å². The largest absolute Gasteiger partial charge is 0.445 e. The first-order valence-electron chi connectivity index (χ1n) is 4.52. The zero-order valence-electron chi connectivity index (χ0n) is 7.01. The Hall–Kier alpha value is -0.770. The first-order chi connectivity index (χ1) is 5.84. The van der Waals surface area contributed by atoms with Gasteiger partial charge in [0.2, 0.25) is 0 Å². The molecule has 0 aromatic rings. The first-order valence-corrected chi connectivity index (χ1v) is 4.52. The highest BCUT2D eigenvalue weighted by Crippen LogP contribution is 2.18. The maximum absolute atomic E-state index is 11.1. The fraction of sp³-hybridized carbons (Fsp3) is 0.875. The molecule has 1 heterocycles. The summed E-state index contributed by atoms with van der Waals surface area (Å²) < 4.78 is 5.15. The normalized spacial score (nSPS) is 28.5. The number of rotatable bonds is 2. The van der Waals surface area contributed by atoms with Crippen molar-refractivity contribution in [3.63, 3.8) is 0 Å². The summed E-state index contributed by atoms with van der Waals surface area (Å²) in [6, 6.07) is 0.395. The van der Waals surface area contributed by atoms with Crippen molar-refractivity contribution in [2.24, 2.45) is 0 Å². The number of alkyl carbamates (subject to hydrolysis) is 1. The minimum atomic E-state index is -0.244. The maximum Gasteiger partial charge on any atom is 0.407 e. The molecule has 1 atom stereocenters. The van der Waals surface area contributed by atoms with Crippen molar-refractivity contribution in [1.82, 2.24) is 10.6 Å². The lowest BCUT2D eigenvalue weighted by Gasteiger charge is -2.10. The van der Waals surface area contributed by atoms with E-state index in [0.29, 0.717) is 6.04 Å². The number of nitrogens with one attached hydrogen (secondary N) is 2. The molecule has 1 amide bonds. The van der Waals surface area contributed by atoms with Crippen molar-refractivity contribution < 1.29 is 9.53 Å². The van der Waals surface area contributed by atoms with Gasteiger partial charge in [-0.05, 0) is 25.8 Å². The Kier molecular flexibility index (Phi) is 2.17. The monoisotopic (exact) mass is 170 g/mol. The van der Waals surface area contributed by atoms with Gasteiger partial charge < -0.3 is 15.4 Å². The highest BCUT2D eigenvalue weighted by Gasteiger charge is 2.26. The molecule has 0 radical (unpaired) electrons. The smallest absolute Gasteiger partial charge is 0.407 e. The summed E-state index contributed by atoms with van der Waals surface area (Å²) in [5.74, 6) is 0. The molecule has 2 N–H and O–H groups in total. The van der Waals surface area contributed by atoms with Gasteiger partial charge in [0.05, 0.1) is 0 Å². The van der Waals surface area contributed by atoms with Crippen molar-refractivity contribution in [3.8, 4) is 0 Å². The van der Waals surface area contributed by atoms with Gasteiger partial charge in [-0.1, -0.05) is 0 Å². The predicted octanol–water partition coefficient (Wildman–Crippen LogP) is 0.237. The topological polar surface area (TPSA) is 50.4 Å². The van der Waals surface area contributed by atoms with Crippen molar-refractivity contribution in [2.45, 2.75) is 31.4 Å². The lowest BCUT2D eigenvalue weighted by atomic mass is 10.3. The highest BCUT2D eigenvalue weighted by atomic mass is 16.6. The molecule has 4 nitrogen and oxygen atoms in total. The average Bonchev–Trinajstić information content (AvgIpc) is 2.66. The third-order valence-electron chi connectivity index (χ3n) is 2.19. The standard InChI is InChI=1S/C8H14N2O2/c11-8(10-6-1-2-6)12-7-3-4-9-5-7/h6-7,9H,1-5H2,(H,10,11). The highest BCUT2D eigenvalue weighted by molar-refractivity contribution is 5.68. The van der Waals surface area contributed by atoms with Crippen LogP contribution >= 0.6 is 0 Å². The van der Waals surface area contributed by atoms with E-state index in [1.165, 1.54) is 0 Å². The van der Waals surface area contributed by atoms with Gasteiger partial charge in [0.15, 0.2) is 0 Å². The van der Waals surface area contributed by atoms with E-state index in [9.17, 15) is 4.79 Å². The van der Waals surface area contributed by atoms with Gasteiger partial charge in [-0.3, -0.25) is 0 Å². The second-order valence-corrected chi connectivity index (χ2v) is 3.44. The van der Waals surface area contributed by atoms with E-state index in [1.54, 1.807) is 0 Å². The third kappa shape index (κ3) is 2.11. The molecule has 0 bridgehead atoms. The van der Waals surface area contributed by atoms with Gasteiger partial charge in [-0.15, -0.1) is 0 Å². The predicted molar refractivity (Wildman–Crippen MR) is 43.9 cm³/mol. The molecule has 1 unspecified atom stereocenters. The SMILES string of the molecule is O=C(NC1CC1)OC1CCNC1. The molecule has 1 saturated heterocycles. The number of amides is 1. The van der Waals surface area contributed by atoms with Crippen molar-refractivity contribution >= 4 is 6.09 Å². The summed E-state index contributed by atoms with van der Waals surface area (Å²) in [4.78, 5) is 11.1. The Bertz CT molecular complexity index is 174. The van der Waals surface area contributed by atoms with Gasteiger partial charge in [0, 0.05) is 12.6 Å². The quantitative estimate of drug-likeness (QED) is 0.624. The molecule has 2 aliphatic rings. The van der Waals surface area contributed by atoms with Crippen LogP contribution in [-0.2, 0) is 4.74 Å². The summed E-state index contributed by atoms with van der Waals surface area (Å²) in [7, 11) is 0. The molecule has 4 heteroatoms. The second kappa shape index (κ2) is 3.31. The average molecular weight is 170 g/mol. The lowest BCUT2D eigenvalue weighted by Crippen LogP contribution is -2.31. The van der Waals surface area contributed by atoms with Crippen LogP contribution in [0.2, 0.25) is 0 Å². The van der Waals surface area contributed by atoms with Gasteiger partial charge in [0.1, 0.15) is 6.10 Å². The van der Waals surface area contributed by atoms with Crippen LogP contribution in [-0.4, -0.2) is 31.3 Å². The van der Waals surface area contributed by atoms with Crippen LogP contribution in [0.1, 0.15) is 19.3 Å². The summed E-state index contributed by atoms with van der Waals surface area (Å²) in [5, 5.41) is 5.93. The fourth-order valence-corrected chi connectivity index (χ4v) is 1.31. The van der Waals surface area contributed by atoms with E-state index in [2.05, 4.69) is 10.6 Å². The van der Waals surface area contributed by atoms with E-state index >= 15 is 0 Å². The van der Waals surface area contributed by atoms with Crippen LogP contribution in [0.25, 0.3) is 0 Å². The molecule has 1 aliphatic heterocycles. The van der Waals surface area contributed by atoms with E-state index in [4.69, 9.17) is 4.74 Å². The molecule has 0 aromatic heterocycles. The summed E-state index contributed by atoms with van der Waals surface area (Å²) in [5.41, 5.74) is 0. The number of ether oxygens (including phenoxy) is 1. The molecular weight excluding hydrogens is 156 g/mol. The van der Waals surface area contributed by atoms with Gasteiger partial charge in [-0.2, -0.15) is 0 Å². The summed E-state index contributed by atoms with van der Waals surface area (Å²) >= 11 is 0. The Morgan fingerprint density at radius 1 is 1.42 bits per heavy atom. The molecule has 68 valence electrons. The molecule has 1 saturated carbocycles. The number of carbonyl (C=O) groups excluding carboxylic acids is 1. The summed E-state index contributed by atoms with van der Waals surface area (Å²) in [6.45, 7) is 1.76. The van der Waals surface area contributed by atoms with Crippen LogP contribution in [0.4, 0.5) is 4.79 Å². The van der Waals surface area contributed by atoms with Crippen LogP contribution in [0.15, 0.2) is 0 Å². The van der Waals surface area contributed by atoms with Crippen LogP contribution in [0.5, 0.6) is 0 Å². The minimum absolute atomic E-state index is 0.0868. The van der Waals surface area contributed by atoms with Crippen molar-refractivity contribution in [3.05, 3.63) is 0 Å². The Morgan fingerprint density at radius 3 is 2.83 bits per heavy atom. The third-order valence-corrected chi connectivity index (χ3v) is 2.19. The zero-order chi connectivity index (χ0) is 8.39. The van der Waals surface area contributed by atoms with Crippen LogP contribution in [0.3, 0.4) is 0 Å².